The first-order valence-corrected chi connectivity index (χ1v) is 9.85. The van der Waals surface area contributed by atoms with Gasteiger partial charge in [0.1, 0.15) is 0 Å². The average Bonchev–Trinajstić information content (AvgIpc) is 3.00. The Bertz CT molecular complexity index is 1100. The van der Waals surface area contributed by atoms with Crippen molar-refractivity contribution in [2.75, 3.05) is 12.4 Å². The lowest BCUT2D eigenvalue weighted by atomic mass is 10.1. The molecule has 0 aliphatic rings. The van der Waals surface area contributed by atoms with Gasteiger partial charge in [0.25, 0.3) is 5.91 Å². The van der Waals surface area contributed by atoms with Gasteiger partial charge in [0.2, 0.25) is 5.91 Å². The van der Waals surface area contributed by atoms with Crippen LogP contribution in [0.4, 0.5) is 5.69 Å². The molecule has 30 heavy (non-hydrogen) atoms. The second-order valence-electron chi connectivity index (χ2n) is 6.81. The number of carbonyl (C=O) groups excluding carboxylic acids is 2. The van der Waals surface area contributed by atoms with Crippen LogP contribution in [0.5, 0.6) is 0 Å². The van der Waals surface area contributed by atoms with Crippen molar-refractivity contribution in [3.8, 4) is 0 Å². The third-order valence-electron chi connectivity index (χ3n) is 4.76. The average molecular weight is 423 g/mol. The third-order valence-corrected chi connectivity index (χ3v) is 5.13. The summed E-state index contributed by atoms with van der Waals surface area (Å²) in [5.41, 5.74) is 4.80. The van der Waals surface area contributed by atoms with Crippen molar-refractivity contribution in [1.29, 1.82) is 0 Å². The second-order valence-corrected chi connectivity index (χ2v) is 7.22. The fraction of sp³-hybridized carbons (Fsp3) is 0.174. The number of hydrogen-bond donors (Lipinski definition) is 2. The van der Waals surface area contributed by atoms with E-state index >= 15 is 0 Å². The molecule has 0 saturated heterocycles. The highest BCUT2D eigenvalue weighted by atomic mass is 35.5. The first kappa shape index (κ1) is 21.3. The molecule has 0 aliphatic carbocycles. The molecule has 0 radical (unpaired) electrons. The Kier molecular flexibility index (Phi) is 6.69. The van der Waals surface area contributed by atoms with Crippen LogP contribution in [0, 0.1) is 13.8 Å². The minimum Gasteiger partial charge on any atom is -0.355 e. The van der Waals surface area contributed by atoms with Crippen LogP contribution in [-0.4, -0.2) is 28.6 Å². The van der Waals surface area contributed by atoms with Crippen molar-refractivity contribution in [3.63, 3.8) is 0 Å². The number of nitrogens with one attached hydrogen (secondary N) is 2. The number of rotatable bonds is 6. The highest BCUT2D eigenvalue weighted by Gasteiger charge is 2.11. The lowest BCUT2D eigenvalue weighted by Crippen LogP contribution is -2.17. The molecular weight excluding hydrogens is 400 g/mol. The van der Waals surface area contributed by atoms with Gasteiger partial charge in [0, 0.05) is 40.7 Å². The maximum absolute atomic E-state index is 12.3. The van der Waals surface area contributed by atoms with Gasteiger partial charge in [0.05, 0.1) is 12.2 Å². The maximum Gasteiger partial charge on any atom is 0.251 e. The van der Waals surface area contributed by atoms with Crippen molar-refractivity contribution < 1.29 is 9.59 Å². The predicted octanol–water partition coefficient (Wildman–Crippen LogP) is 4.21. The molecule has 0 spiro atoms. The van der Waals surface area contributed by atoms with E-state index in [1.165, 1.54) is 6.08 Å². The monoisotopic (exact) mass is 422 g/mol. The zero-order valence-electron chi connectivity index (χ0n) is 17.1. The number of halogens is 1. The van der Waals surface area contributed by atoms with Crippen molar-refractivity contribution in [2.45, 2.75) is 20.4 Å². The zero-order chi connectivity index (χ0) is 21.7. The van der Waals surface area contributed by atoms with Gasteiger partial charge in [-0.3, -0.25) is 14.3 Å². The number of anilines is 1. The Labute approximate surface area is 180 Å². The lowest BCUT2D eigenvalue weighted by molar-refractivity contribution is -0.111. The first-order valence-electron chi connectivity index (χ1n) is 9.47. The molecule has 1 heterocycles. The highest BCUT2D eigenvalue weighted by molar-refractivity contribution is 6.31. The molecule has 0 fully saturated rings. The van der Waals surface area contributed by atoms with Crippen LogP contribution in [0.15, 0.2) is 54.6 Å². The summed E-state index contributed by atoms with van der Waals surface area (Å²) in [6.07, 6.45) is 3.23. The van der Waals surface area contributed by atoms with E-state index in [2.05, 4.69) is 15.7 Å². The minimum atomic E-state index is -0.264. The lowest BCUT2D eigenvalue weighted by Gasteiger charge is -2.06. The van der Waals surface area contributed by atoms with Gasteiger partial charge in [-0.05, 0) is 55.8 Å². The molecule has 2 aromatic carbocycles. The van der Waals surface area contributed by atoms with E-state index in [9.17, 15) is 9.59 Å². The summed E-state index contributed by atoms with van der Waals surface area (Å²) in [7, 11) is 1.57. The summed E-state index contributed by atoms with van der Waals surface area (Å²) in [6, 6.07) is 14.4. The van der Waals surface area contributed by atoms with Crippen molar-refractivity contribution in [3.05, 3.63) is 87.7 Å². The fourth-order valence-electron chi connectivity index (χ4n) is 3.09. The molecule has 6 nitrogen and oxygen atoms in total. The molecule has 0 unspecified atom stereocenters. The first-order chi connectivity index (χ1) is 14.4. The Balaban J connectivity index is 1.70. The SMILES string of the molecule is CNC(=O)c1ccc(NC(=O)/C=C/c2c(C)nn(Cc3ccccc3Cl)c2C)cc1. The number of hydrogen-bond acceptors (Lipinski definition) is 3. The molecular formula is C23H23ClN4O2. The van der Waals surface area contributed by atoms with Crippen LogP contribution in [-0.2, 0) is 11.3 Å². The molecule has 3 rings (SSSR count). The van der Waals surface area contributed by atoms with E-state index in [0.717, 1.165) is 22.5 Å². The largest absolute Gasteiger partial charge is 0.355 e. The third kappa shape index (κ3) is 4.96. The molecule has 7 heteroatoms. The predicted molar refractivity (Wildman–Crippen MR) is 120 cm³/mol. The molecule has 0 bridgehead atoms. The number of aromatic nitrogens is 2. The molecule has 0 atom stereocenters. The minimum absolute atomic E-state index is 0.174. The zero-order valence-corrected chi connectivity index (χ0v) is 17.8. The molecule has 3 aromatic rings. The topological polar surface area (TPSA) is 76.0 Å². The van der Waals surface area contributed by atoms with Crippen LogP contribution in [0.1, 0.15) is 32.9 Å². The molecule has 0 aliphatic heterocycles. The van der Waals surface area contributed by atoms with Gasteiger partial charge in [-0.15, -0.1) is 0 Å². The molecule has 154 valence electrons. The quantitative estimate of drug-likeness (QED) is 0.584. The summed E-state index contributed by atoms with van der Waals surface area (Å²) in [5.74, 6) is -0.437. The van der Waals surface area contributed by atoms with E-state index < -0.39 is 0 Å². The van der Waals surface area contributed by atoms with Gasteiger partial charge >= 0.3 is 0 Å². The number of benzene rings is 2. The summed E-state index contributed by atoms with van der Waals surface area (Å²) in [6.45, 7) is 4.43. The Hall–Kier alpha value is -3.38. The summed E-state index contributed by atoms with van der Waals surface area (Å²) >= 11 is 6.26. The van der Waals surface area contributed by atoms with Gasteiger partial charge < -0.3 is 10.6 Å². The Morgan fingerprint density at radius 1 is 1.10 bits per heavy atom. The van der Waals surface area contributed by atoms with Crippen molar-refractivity contribution >= 4 is 35.2 Å². The van der Waals surface area contributed by atoms with Crippen LogP contribution >= 0.6 is 11.6 Å². The van der Waals surface area contributed by atoms with E-state index in [1.807, 2.05) is 42.8 Å². The van der Waals surface area contributed by atoms with Crippen LogP contribution in [0.2, 0.25) is 5.02 Å². The second kappa shape index (κ2) is 9.41. The summed E-state index contributed by atoms with van der Waals surface area (Å²) in [4.78, 5) is 23.9. The molecule has 2 N–H and O–H groups in total. The fourth-order valence-corrected chi connectivity index (χ4v) is 3.28. The standard InChI is InChI=1S/C23H23ClN4O2/c1-15-20(16(2)28(27-15)14-18-6-4-5-7-21(18)24)12-13-22(29)26-19-10-8-17(9-11-19)23(30)25-3/h4-13H,14H2,1-3H3,(H,25,30)(H,26,29)/b13-12+. The molecule has 2 amide bonds. The number of nitrogens with zero attached hydrogens (tertiary/aromatic N) is 2. The molecule has 0 saturated carbocycles. The van der Waals surface area contributed by atoms with Gasteiger partial charge in [-0.2, -0.15) is 5.10 Å². The van der Waals surface area contributed by atoms with E-state index in [4.69, 9.17) is 11.6 Å². The van der Waals surface area contributed by atoms with E-state index in [0.29, 0.717) is 22.8 Å². The van der Waals surface area contributed by atoms with Crippen LogP contribution in [0.3, 0.4) is 0 Å². The van der Waals surface area contributed by atoms with E-state index in [-0.39, 0.29) is 11.8 Å². The Morgan fingerprint density at radius 3 is 2.47 bits per heavy atom. The number of amides is 2. The normalized spacial score (nSPS) is 10.9. The van der Waals surface area contributed by atoms with Crippen molar-refractivity contribution in [2.24, 2.45) is 0 Å². The highest BCUT2D eigenvalue weighted by Crippen LogP contribution is 2.20. The smallest absolute Gasteiger partial charge is 0.251 e. The number of carbonyl (C=O) groups is 2. The number of aryl methyl sites for hydroxylation is 1. The van der Waals surface area contributed by atoms with Crippen LogP contribution in [0.25, 0.3) is 6.08 Å². The molecule has 1 aromatic heterocycles. The van der Waals surface area contributed by atoms with E-state index in [1.54, 1.807) is 37.4 Å². The van der Waals surface area contributed by atoms with Crippen molar-refractivity contribution in [1.82, 2.24) is 15.1 Å². The Morgan fingerprint density at radius 2 is 1.80 bits per heavy atom. The van der Waals surface area contributed by atoms with Gasteiger partial charge in [0.15, 0.2) is 0 Å². The van der Waals surface area contributed by atoms with Crippen LogP contribution < -0.4 is 10.6 Å². The summed E-state index contributed by atoms with van der Waals surface area (Å²) < 4.78 is 1.88. The van der Waals surface area contributed by atoms with Gasteiger partial charge in [-0.1, -0.05) is 29.8 Å². The summed E-state index contributed by atoms with van der Waals surface area (Å²) in [5, 5.41) is 10.6. The van der Waals surface area contributed by atoms with Gasteiger partial charge in [-0.25, -0.2) is 0 Å². The maximum atomic E-state index is 12.3.